The van der Waals surface area contributed by atoms with E-state index in [2.05, 4.69) is 60.9 Å². The van der Waals surface area contributed by atoms with Gasteiger partial charge in [0.25, 0.3) is 0 Å². The van der Waals surface area contributed by atoms with Crippen LogP contribution < -0.4 is 0 Å². The lowest BCUT2D eigenvalue weighted by atomic mass is 9.90. The summed E-state index contributed by atoms with van der Waals surface area (Å²) >= 11 is 7.37. The summed E-state index contributed by atoms with van der Waals surface area (Å²) in [4.78, 5) is 21.8. The average Bonchev–Trinajstić information content (AvgIpc) is 2.88. The number of aryl methyl sites for hydroxylation is 2. The molecule has 2 unspecified atom stereocenters. The van der Waals surface area contributed by atoms with Crippen LogP contribution in [0.2, 0.25) is 0 Å². The zero-order chi connectivity index (χ0) is 20.4. The maximum atomic E-state index is 11.8. The van der Waals surface area contributed by atoms with Crippen molar-refractivity contribution in [2.24, 2.45) is 0 Å². The van der Waals surface area contributed by atoms with Gasteiger partial charge in [0.15, 0.2) is 5.78 Å². The van der Waals surface area contributed by atoms with Crippen LogP contribution in [0, 0.1) is 6.92 Å². The Morgan fingerprint density at radius 3 is 2.69 bits per heavy atom. The molecular formula is C24H24Br2N2O. The van der Waals surface area contributed by atoms with Gasteiger partial charge in [0.05, 0.1) is 5.52 Å². The lowest BCUT2D eigenvalue weighted by molar-refractivity contribution is 0.0967. The number of hydrogen-bond donors (Lipinski definition) is 0. The number of halogens is 2. The summed E-state index contributed by atoms with van der Waals surface area (Å²) in [5, 5.41) is 1.18. The van der Waals surface area contributed by atoms with Gasteiger partial charge in [-0.15, -0.1) is 0 Å². The topological polar surface area (TPSA) is 42.9 Å². The minimum absolute atomic E-state index is 0.204. The van der Waals surface area contributed by atoms with Crippen molar-refractivity contribution in [1.29, 1.82) is 0 Å². The molecule has 0 bridgehead atoms. The molecule has 5 heteroatoms. The van der Waals surface area contributed by atoms with Crippen LogP contribution in [0.5, 0.6) is 0 Å². The Balaban J connectivity index is 0.000000145. The number of fused-ring (bicyclic) bond motifs is 3. The molecule has 0 fully saturated rings. The number of Topliss-reactive ketones (excluding diaryl/α,β-unsaturated/α-hetero) is 1. The van der Waals surface area contributed by atoms with Gasteiger partial charge in [0, 0.05) is 39.8 Å². The summed E-state index contributed by atoms with van der Waals surface area (Å²) in [7, 11) is 0. The standard InChI is InChI=1S/C14H13NO.C10H11Br2N/c1-9-10-5-2-3-7-12(10)15-14-11(9)6-4-8-13(14)16;11-8-4-3-7-2-1-5-13-10(7)6-9(8)12/h2-3,5,7H,4,6,8H2,1H3;1-2,5,8-9H,3-4,6H2. The third kappa shape index (κ3) is 4.46. The predicted molar refractivity (Wildman–Crippen MR) is 125 cm³/mol. The molecule has 0 saturated carbocycles. The van der Waals surface area contributed by atoms with E-state index in [1.165, 1.54) is 28.6 Å². The Labute approximate surface area is 188 Å². The zero-order valence-electron chi connectivity index (χ0n) is 16.5. The van der Waals surface area contributed by atoms with Crippen LogP contribution in [0.25, 0.3) is 10.9 Å². The number of nitrogens with zero attached hydrogens (tertiary/aromatic N) is 2. The Bertz CT molecular complexity index is 1050. The van der Waals surface area contributed by atoms with E-state index in [0.29, 0.717) is 21.8 Å². The zero-order valence-corrected chi connectivity index (χ0v) is 19.7. The van der Waals surface area contributed by atoms with Crippen molar-refractivity contribution >= 4 is 48.5 Å². The molecule has 0 aliphatic heterocycles. The van der Waals surface area contributed by atoms with E-state index in [-0.39, 0.29) is 5.78 Å². The highest BCUT2D eigenvalue weighted by molar-refractivity contribution is 9.12. The highest BCUT2D eigenvalue weighted by Gasteiger charge is 2.23. The van der Waals surface area contributed by atoms with Crippen molar-refractivity contribution in [2.45, 2.75) is 55.1 Å². The molecule has 3 nitrogen and oxygen atoms in total. The molecule has 2 heterocycles. The molecular weight excluding hydrogens is 492 g/mol. The van der Waals surface area contributed by atoms with E-state index in [4.69, 9.17) is 0 Å². The molecule has 0 N–H and O–H groups in total. The summed E-state index contributed by atoms with van der Waals surface area (Å²) < 4.78 is 0. The van der Waals surface area contributed by atoms with Gasteiger partial charge in [0.1, 0.15) is 5.69 Å². The highest BCUT2D eigenvalue weighted by Crippen LogP contribution is 2.29. The normalized spacial score (nSPS) is 20.9. The molecule has 5 rings (SSSR count). The molecule has 1 aromatic carbocycles. The van der Waals surface area contributed by atoms with Gasteiger partial charge in [0.2, 0.25) is 0 Å². The lowest BCUT2D eigenvalue weighted by Crippen LogP contribution is -2.14. The van der Waals surface area contributed by atoms with E-state index in [9.17, 15) is 4.79 Å². The van der Waals surface area contributed by atoms with Crippen molar-refractivity contribution in [3.05, 3.63) is 70.7 Å². The third-order valence-corrected chi connectivity index (χ3v) is 8.60. The second-order valence-electron chi connectivity index (χ2n) is 7.74. The fourth-order valence-corrected chi connectivity index (χ4v) is 5.15. The Morgan fingerprint density at radius 1 is 1.00 bits per heavy atom. The third-order valence-electron chi connectivity index (χ3n) is 5.83. The second-order valence-corrected chi connectivity index (χ2v) is 10.1. The van der Waals surface area contributed by atoms with Crippen molar-refractivity contribution in [2.75, 3.05) is 0 Å². The lowest BCUT2D eigenvalue weighted by Gasteiger charge is -2.17. The molecule has 29 heavy (non-hydrogen) atoms. The number of ketones is 1. The molecule has 2 aromatic heterocycles. The summed E-state index contributed by atoms with van der Waals surface area (Å²) in [6, 6.07) is 12.3. The molecule has 0 saturated heterocycles. The quantitative estimate of drug-likeness (QED) is 0.266. The summed E-state index contributed by atoms with van der Waals surface area (Å²) in [6.07, 6.45) is 7.85. The number of hydrogen-bond acceptors (Lipinski definition) is 3. The maximum Gasteiger partial charge on any atom is 0.181 e. The van der Waals surface area contributed by atoms with Gasteiger partial charge in [-0.25, -0.2) is 4.98 Å². The Kier molecular flexibility index (Phi) is 6.45. The van der Waals surface area contributed by atoms with E-state index in [1.807, 2.05) is 30.5 Å². The minimum Gasteiger partial charge on any atom is -0.292 e. The SMILES string of the molecule is BrC1CCc2cccnc2CC1Br.Cc1c2c(nc3ccccc13)C(=O)CCC2. The Morgan fingerprint density at radius 2 is 1.83 bits per heavy atom. The van der Waals surface area contributed by atoms with E-state index < -0.39 is 0 Å². The molecule has 2 aliphatic rings. The first-order valence-electron chi connectivity index (χ1n) is 10.2. The summed E-state index contributed by atoms with van der Waals surface area (Å²) in [5.41, 5.74) is 6.71. The molecule has 0 amide bonds. The van der Waals surface area contributed by atoms with Crippen LogP contribution in [0.4, 0.5) is 0 Å². The molecule has 0 spiro atoms. The van der Waals surface area contributed by atoms with Crippen LogP contribution in [-0.4, -0.2) is 25.4 Å². The average molecular weight is 516 g/mol. The molecule has 3 aromatic rings. The molecule has 0 radical (unpaired) electrons. The second kappa shape index (κ2) is 9.05. The number of carbonyl (C=O) groups excluding carboxylic acids is 1. The van der Waals surface area contributed by atoms with Crippen LogP contribution in [0.15, 0.2) is 42.6 Å². The summed E-state index contributed by atoms with van der Waals surface area (Å²) in [6.45, 7) is 2.10. The number of benzene rings is 1. The van der Waals surface area contributed by atoms with Crippen molar-refractivity contribution in [3.8, 4) is 0 Å². The number of rotatable bonds is 0. The minimum atomic E-state index is 0.204. The first-order valence-corrected chi connectivity index (χ1v) is 12.0. The van der Waals surface area contributed by atoms with Crippen LogP contribution in [0.1, 0.15) is 52.1 Å². The first kappa shape index (κ1) is 20.7. The number of carbonyl (C=O) groups is 1. The van der Waals surface area contributed by atoms with Crippen LogP contribution in [-0.2, 0) is 19.3 Å². The number of pyridine rings is 2. The van der Waals surface area contributed by atoms with Crippen molar-refractivity contribution in [3.63, 3.8) is 0 Å². The van der Waals surface area contributed by atoms with Crippen LogP contribution in [0.3, 0.4) is 0 Å². The molecule has 2 atom stereocenters. The number of para-hydroxylation sites is 1. The van der Waals surface area contributed by atoms with Crippen LogP contribution >= 0.6 is 31.9 Å². The fraction of sp³-hybridized carbons (Fsp3) is 0.375. The Hall–Kier alpha value is -1.59. The van der Waals surface area contributed by atoms with Gasteiger partial charge in [-0.1, -0.05) is 56.1 Å². The highest BCUT2D eigenvalue weighted by atomic mass is 79.9. The largest absolute Gasteiger partial charge is 0.292 e. The monoisotopic (exact) mass is 514 g/mol. The van der Waals surface area contributed by atoms with Gasteiger partial charge >= 0.3 is 0 Å². The maximum absolute atomic E-state index is 11.8. The van der Waals surface area contributed by atoms with E-state index >= 15 is 0 Å². The van der Waals surface area contributed by atoms with Gasteiger partial charge < -0.3 is 0 Å². The van der Waals surface area contributed by atoms with Gasteiger partial charge in [-0.3, -0.25) is 9.78 Å². The van der Waals surface area contributed by atoms with Gasteiger partial charge in [-0.05, 0) is 61.4 Å². The fourth-order valence-electron chi connectivity index (χ4n) is 4.17. The number of alkyl halides is 2. The molecule has 2 aliphatic carbocycles. The van der Waals surface area contributed by atoms with Crippen molar-refractivity contribution < 1.29 is 4.79 Å². The summed E-state index contributed by atoms with van der Waals surface area (Å²) in [5.74, 6) is 0.204. The van der Waals surface area contributed by atoms with Gasteiger partial charge in [-0.2, -0.15) is 0 Å². The first-order chi connectivity index (χ1) is 14.0. The number of aromatic nitrogens is 2. The van der Waals surface area contributed by atoms with E-state index in [1.54, 1.807) is 0 Å². The van der Waals surface area contributed by atoms with Crippen molar-refractivity contribution in [1.82, 2.24) is 9.97 Å². The van der Waals surface area contributed by atoms with E-state index in [0.717, 1.165) is 36.8 Å². The smallest absolute Gasteiger partial charge is 0.181 e. The predicted octanol–water partition coefficient (Wildman–Crippen LogP) is 6.16. The molecule has 150 valence electrons.